The molecule has 2 aromatic carbocycles. The van der Waals surface area contributed by atoms with E-state index >= 15 is 0 Å². The number of para-hydroxylation sites is 1. The second-order valence-corrected chi connectivity index (χ2v) is 6.83. The van der Waals surface area contributed by atoms with Gasteiger partial charge in [-0.2, -0.15) is 0 Å². The number of hydrogen-bond donors (Lipinski definition) is 2. The molecule has 0 unspecified atom stereocenters. The van der Waals surface area contributed by atoms with Crippen LogP contribution in [0.4, 0.5) is 5.69 Å². The summed E-state index contributed by atoms with van der Waals surface area (Å²) < 4.78 is 5.40. The van der Waals surface area contributed by atoms with Crippen molar-refractivity contribution in [3.8, 4) is 5.75 Å². The summed E-state index contributed by atoms with van der Waals surface area (Å²) >= 11 is 0. The molecule has 2 rings (SSSR count). The van der Waals surface area contributed by atoms with E-state index in [9.17, 15) is 9.59 Å². The highest BCUT2D eigenvalue weighted by Gasteiger charge is 2.19. The predicted octanol–water partition coefficient (Wildman–Crippen LogP) is 4.03. The first-order valence-corrected chi connectivity index (χ1v) is 8.37. The van der Waals surface area contributed by atoms with Gasteiger partial charge in [0.05, 0.1) is 11.3 Å². The number of hydrogen-bond acceptors (Lipinski definition) is 3. The van der Waals surface area contributed by atoms with E-state index in [1.807, 2.05) is 20.8 Å². The first-order valence-electron chi connectivity index (χ1n) is 8.37. The number of ether oxygens (including phenoxy) is 1. The van der Waals surface area contributed by atoms with Gasteiger partial charge in [0.25, 0.3) is 11.8 Å². The fraction of sp³-hybridized carbons (Fsp3) is 0.238. The highest BCUT2D eigenvalue weighted by atomic mass is 16.5. The van der Waals surface area contributed by atoms with E-state index in [-0.39, 0.29) is 17.4 Å². The summed E-state index contributed by atoms with van der Waals surface area (Å²) in [5.74, 6) is 0.129. The van der Waals surface area contributed by atoms with Crippen molar-refractivity contribution in [3.63, 3.8) is 0 Å². The fourth-order valence-corrected chi connectivity index (χ4v) is 2.25. The first kappa shape index (κ1) is 19.2. The van der Waals surface area contributed by atoms with E-state index in [1.165, 1.54) is 0 Å². The molecule has 0 bridgehead atoms. The van der Waals surface area contributed by atoms with E-state index in [1.54, 1.807) is 54.6 Å². The average molecular weight is 352 g/mol. The van der Waals surface area contributed by atoms with Gasteiger partial charge in [-0.1, -0.05) is 24.8 Å². The van der Waals surface area contributed by atoms with Gasteiger partial charge in [0.15, 0.2) is 0 Å². The van der Waals surface area contributed by atoms with Crippen LogP contribution in [0.3, 0.4) is 0 Å². The standard InChI is InChI=1S/C21H24N2O3/c1-5-14-26-16-12-10-15(11-13-16)19(24)22-18-9-7-6-8-17(18)20(25)23-21(2,3)4/h5-13H,1,14H2,2-4H3,(H,22,24)(H,23,25). The van der Waals surface area contributed by atoms with Gasteiger partial charge in [-0.05, 0) is 57.2 Å². The average Bonchev–Trinajstić information content (AvgIpc) is 2.59. The van der Waals surface area contributed by atoms with Crippen LogP contribution in [-0.2, 0) is 0 Å². The van der Waals surface area contributed by atoms with Gasteiger partial charge in [-0.25, -0.2) is 0 Å². The summed E-state index contributed by atoms with van der Waals surface area (Å²) in [6, 6.07) is 13.7. The number of anilines is 1. The molecule has 0 radical (unpaired) electrons. The number of carbonyl (C=O) groups excluding carboxylic acids is 2. The van der Waals surface area contributed by atoms with E-state index in [4.69, 9.17) is 4.74 Å². The molecule has 0 aliphatic rings. The molecule has 0 saturated heterocycles. The van der Waals surface area contributed by atoms with Gasteiger partial charge < -0.3 is 15.4 Å². The van der Waals surface area contributed by atoms with Crippen LogP contribution in [-0.4, -0.2) is 24.0 Å². The SMILES string of the molecule is C=CCOc1ccc(C(=O)Nc2ccccc2C(=O)NC(C)(C)C)cc1. The molecule has 0 saturated carbocycles. The Morgan fingerprint density at radius 2 is 1.69 bits per heavy atom. The van der Waals surface area contributed by atoms with E-state index in [0.29, 0.717) is 29.2 Å². The van der Waals surface area contributed by atoms with Crippen molar-refractivity contribution < 1.29 is 14.3 Å². The summed E-state index contributed by atoms with van der Waals surface area (Å²) in [7, 11) is 0. The van der Waals surface area contributed by atoms with E-state index in [2.05, 4.69) is 17.2 Å². The van der Waals surface area contributed by atoms with Gasteiger partial charge in [0, 0.05) is 11.1 Å². The van der Waals surface area contributed by atoms with Crippen LogP contribution in [0, 0.1) is 0 Å². The lowest BCUT2D eigenvalue weighted by Crippen LogP contribution is -2.40. The number of amides is 2. The molecular formula is C21H24N2O3. The topological polar surface area (TPSA) is 67.4 Å². The van der Waals surface area contributed by atoms with Gasteiger partial charge in [-0.3, -0.25) is 9.59 Å². The second kappa shape index (κ2) is 8.34. The number of benzene rings is 2. The Hall–Kier alpha value is -3.08. The van der Waals surface area contributed by atoms with Crippen LogP contribution < -0.4 is 15.4 Å². The highest BCUT2D eigenvalue weighted by Crippen LogP contribution is 2.18. The minimum absolute atomic E-state index is 0.235. The smallest absolute Gasteiger partial charge is 0.255 e. The van der Waals surface area contributed by atoms with Crippen molar-refractivity contribution in [3.05, 3.63) is 72.3 Å². The van der Waals surface area contributed by atoms with Crippen LogP contribution >= 0.6 is 0 Å². The molecule has 0 spiro atoms. The third-order valence-corrected chi connectivity index (χ3v) is 3.39. The van der Waals surface area contributed by atoms with Gasteiger partial charge >= 0.3 is 0 Å². The maximum Gasteiger partial charge on any atom is 0.255 e. The van der Waals surface area contributed by atoms with Crippen LogP contribution in [0.15, 0.2) is 61.2 Å². The molecule has 2 amide bonds. The Kier molecular flexibility index (Phi) is 6.17. The Balaban J connectivity index is 2.14. The molecule has 0 aliphatic heterocycles. The fourth-order valence-electron chi connectivity index (χ4n) is 2.25. The minimum atomic E-state index is -0.366. The largest absolute Gasteiger partial charge is 0.490 e. The molecule has 2 N–H and O–H groups in total. The third kappa shape index (κ3) is 5.48. The molecular weight excluding hydrogens is 328 g/mol. The van der Waals surface area contributed by atoms with Crippen molar-refractivity contribution in [2.75, 3.05) is 11.9 Å². The maximum absolute atomic E-state index is 12.5. The molecule has 5 heteroatoms. The summed E-state index contributed by atoms with van der Waals surface area (Å²) in [6.07, 6.45) is 1.65. The summed E-state index contributed by atoms with van der Waals surface area (Å²) in [5, 5.41) is 5.70. The number of rotatable bonds is 6. The first-order chi connectivity index (χ1) is 12.3. The Morgan fingerprint density at radius 1 is 1.04 bits per heavy atom. The quantitative estimate of drug-likeness (QED) is 0.771. The van der Waals surface area contributed by atoms with Gasteiger partial charge in [0.2, 0.25) is 0 Å². The van der Waals surface area contributed by atoms with Crippen molar-refractivity contribution >= 4 is 17.5 Å². The monoisotopic (exact) mass is 352 g/mol. The molecule has 0 aromatic heterocycles. The maximum atomic E-state index is 12.5. The molecule has 0 heterocycles. The Bertz CT molecular complexity index is 790. The highest BCUT2D eigenvalue weighted by molar-refractivity contribution is 6.09. The Labute approximate surface area is 154 Å². The molecule has 0 atom stereocenters. The van der Waals surface area contributed by atoms with E-state index < -0.39 is 0 Å². The lowest BCUT2D eigenvalue weighted by molar-refractivity contribution is 0.0920. The van der Waals surface area contributed by atoms with Crippen LogP contribution in [0.1, 0.15) is 41.5 Å². The third-order valence-electron chi connectivity index (χ3n) is 3.39. The lowest BCUT2D eigenvalue weighted by atomic mass is 10.1. The number of nitrogens with one attached hydrogen (secondary N) is 2. The lowest BCUT2D eigenvalue weighted by Gasteiger charge is -2.21. The molecule has 136 valence electrons. The summed E-state index contributed by atoms with van der Waals surface area (Å²) in [4.78, 5) is 25.0. The Morgan fingerprint density at radius 3 is 2.31 bits per heavy atom. The van der Waals surface area contributed by atoms with Crippen molar-refractivity contribution in [1.82, 2.24) is 5.32 Å². The molecule has 2 aromatic rings. The van der Waals surface area contributed by atoms with Gasteiger partial charge in [-0.15, -0.1) is 0 Å². The molecule has 0 aliphatic carbocycles. The number of carbonyl (C=O) groups is 2. The van der Waals surface area contributed by atoms with Crippen LogP contribution in [0.5, 0.6) is 5.75 Å². The zero-order chi connectivity index (χ0) is 19.2. The van der Waals surface area contributed by atoms with Crippen LogP contribution in [0.2, 0.25) is 0 Å². The van der Waals surface area contributed by atoms with Crippen molar-refractivity contribution in [1.29, 1.82) is 0 Å². The zero-order valence-corrected chi connectivity index (χ0v) is 15.3. The van der Waals surface area contributed by atoms with Crippen molar-refractivity contribution in [2.24, 2.45) is 0 Å². The van der Waals surface area contributed by atoms with Crippen molar-refractivity contribution in [2.45, 2.75) is 26.3 Å². The summed E-state index contributed by atoms with van der Waals surface area (Å²) in [5.41, 5.74) is 0.991. The predicted molar refractivity (Wildman–Crippen MR) is 104 cm³/mol. The van der Waals surface area contributed by atoms with Crippen LogP contribution in [0.25, 0.3) is 0 Å². The molecule has 26 heavy (non-hydrogen) atoms. The van der Waals surface area contributed by atoms with E-state index in [0.717, 1.165) is 0 Å². The minimum Gasteiger partial charge on any atom is -0.490 e. The summed E-state index contributed by atoms with van der Waals surface area (Å²) in [6.45, 7) is 9.71. The molecule has 5 nitrogen and oxygen atoms in total. The molecule has 0 fully saturated rings. The van der Waals surface area contributed by atoms with Gasteiger partial charge in [0.1, 0.15) is 12.4 Å². The second-order valence-electron chi connectivity index (χ2n) is 6.83. The zero-order valence-electron chi connectivity index (χ0n) is 15.3. The normalized spacial score (nSPS) is 10.7.